The van der Waals surface area contributed by atoms with E-state index in [1.807, 2.05) is 18.2 Å². The monoisotopic (exact) mass is 593 g/mol. The predicted molar refractivity (Wildman–Crippen MR) is 190 cm³/mol. The Hall–Kier alpha value is -5.58. The molecule has 3 heterocycles. The molecule has 4 heteroatoms. The van der Waals surface area contributed by atoms with Gasteiger partial charge in [0.25, 0.3) is 0 Å². The van der Waals surface area contributed by atoms with Crippen LogP contribution in [0.2, 0.25) is 0 Å². The molecule has 212 valence electrons. The van der Waals surface area contributed by atoms with Gasteiger partial charge in [-0.25, -0.2) is 9.97 Å². The zero-order valence-electron chi connectivity index (χ0n) is 24.6. The number of aryl methyl sites for hydroxylation is 1. The van der Waals surface area contributed by atoms with E-state index in [4.69, 9.17) is 9.97 Å². The minimum Gasteiger partial charge on any atom is -0.309 e. The van der Waals surface area contributed by atoms with Crippen LogP contribution in [0.3, 0.4) is 0 Å². The van der Waals surface area contributed by atoms with E-state index in [1.165, 1.54) is 48.6 Å². The molecule has 6 aromatic carbocycles. The Morgan fingerprint density at radius 1 is 0.556 bits per heavy atom. The maximum absolute atomic E-state index is 5.28. The quantitative estimate of drug-likeness (QED) is 0.203. The highest BCUT2D eigenvalue weighted by Crippen LogP contribution is 2.44. The SMILES string of the molecule is Cc1cc(-c2cccc3sc4c(-c5ccccc5)nc(-c5ccccc5)nc4c23)cc(-n2c3ccccc3c3ccccc32)c1. The van der Waals surface area contributed by atoms with Crippen molar-refractivity contribution in [3.63, 3.8) is 0 Å². The molecular formula is C41H27N3S. The van der Waals surface area contributed by atoms with Gasteiger partial charge >= 0.3 is 0 Å². The predicted octanol–water partition coefficient (Wildman–Crippen LogP) is 11.3. The number of rotatable bonds is 4. The Kier molecular flexibility index (Phi) is 5.90. The van der Waals surface area contributed by atoms with Crippen LogP contribution in [0.15, 0.2) is 146 Å². The van der Waals surface area contributed by atoms with Crippen molar-refractivity contribution in [2.75, 3.05) is 0 Å². The first-order valence-corrected chi connectivity index (χ1v) is 16.0. The topological polar surface area (TPSA) is 30.7 Å². The first kappa shape index (κ1) is 25.9. The molecule has 0 unspecified atom stereocenters. The third-order valence-electron chi connectivity index (χ3n) is 8.63. The van der Waals surface area contributed by atoms with Crippen LogP contribution in [0.1, 0.15) is 5.56 Å². The lowest BCUT2D eigenvalue weighted by atomic mass is 9.98. The maximum Gasteiger partial charge on any atom is 0.160 e. The van der Waals surface area contributed by atoms with Crippen LogP contribution in [0.25, 0.3) is 81.6 Å². The molecule has 45 heavy (non-hydrogen) atoms. The van der Waals surface area contributed by atoms with E-state index >= 15 is 0 Å². The van der Waals surface area contributed by atoms with Gasteiger partial charge in [-0.1, -0.05) is 115 Å². The van der Waals surface area contributed by atoms with Gasteiger partial charge in [-0.05, 0) is 53.9 Å². The second kappa shape index (κ2) is 10.3. The van der Waals surface area contributed by atoms with Crippen LogP contribution in [0.4, 0.5) is 0 Å². The molecule has 0 saturated carbocycles. The molecule has 3 nitrogen and oxygen atoms in total. The Bertz CT molecular complexity index is 2490. The molecule has 0 fully saturated rings. The molecule has 0 aliphatic carbocycles. The standard InChI is InChI=1S/C41H27N3S/c1-26-23-29(25-30(24-26)44-34-20-10-8-17-32(34)33-18-9-11-21-35(33)44)31-19-12-22-36-37(31)39-40(45-36)38(27-13-4-2-5-14-27)42-41(43-39)28-15-6-3-7-16-28/h2-25H,1H3. The number of hydrogen-bond donors (Lipinski definition) is 0. The molecule has 0 atom stereocenters. The number of hydrogen-bond acceptors (Lipinski definition) is 3. The molecule has 0 bridgehead atoms. The summed E-state index contributed by atoms with van der Waals surface area (Å²) in [6.07, 6.45) is 0. The van der Waals surface area contributed by atoms with E-state index in [-0.39, 0.29) is 0 Å². The lowest BCUT2D eigenvalue weighted by Crippen LogP contribution is -1.96. The highest BCUT2D eigenvalue weighted by molar-refractivity contribution is 7.26. The number of aromatic nitrogens is 3. The Labute approximate surface area is 264 Å². The van der Waals surface area contributed by atoms with Crippen molar-refractivity contribution >= 4 is 53.4 Å². The van der Waals surface area contributed by atoms with E-state index in [9.17, 15) is 0 Å². The number of benzene rings is 6. The molecule has 0 amide bonds. The summed E-state index contributed by atoms with van der Waals surface area (Å²) in [4.78, 5) is 10.4. The highest BCUT2D eigenvalue weighted by Gasteiger charge is 2.20. The lowest BCUT2D eigenvalue weighted by Gasteiger charge is -2.13. The molecule has 0 spiro atoms. The summed E-state index contributed by atoms with van der Waals surface area (Å²) < 4.78 is 4.72. The van der Waals surface area contributed by atoms with E-state index in [0.717, 1.165) is 38.5 Å². The molecule has 0 radical (unpaired) electrons. The summed E-state index contributed by atoms with van der Waals surface area (Å²) in [5.41, 5.74) is 11.2. The third kappa shape index (κ3) is 4.18. The van der Waals surface area contributed by atoms with Gasteiger partial charge in [-0.15, -0.1) is 11.3 Å². The van der Waals surface area contributed by atoms with Gasteiger partial charge in [-0.2, -0.15) is 0 Å². The van der Waals surface area contributed by atoms with Gasteiger partial charge in [0.15, 0.2) is 5.82 Å². The molecule has 3 aromatic heterocycles. The van der Waals surface area contributed by atoms with E-state index < -0.39 is 0 Å². The molecule has 0 aliphatic heterocycles. The van der Waals surface area contributed by atoms with E-state index in [0.29, 0.717) is 0 Å². The van der Waals surface area contributed by atoms with Gasteiger partial charge < -0.3 is 4.57 Å². The largest absolute Gasteiger partial charge is 0.309 e. The minimum absolute atomic E-state index is 0.742. The van der Waals surface area contributed by atoms with Gasteiger partial charge in [0.2, 0.25) is 0 Å². The first-order chi connectivity index (χ1) is 22.2. The van der Waals surface area contributed by atoms with Gasteiger partial charge in [0.05, 0.1) is 26.9 Å². The van der Waals surface area contributed by atoms with Crippen molar-refractivity contribution in [1.82, 2.24) is 14.5 Å². The fourth-order valence-corrected chi connectivity index (χ4v) is 7.86. The second-order valence-electron chi connectivity index (χ2n) is 11.5. The summed E-state index contributed by atoms with van der Waals surface area (Å²) >= 11 is 1.78. The van der Waals surface area contributed by atoms with Crippen LogP contribution in [0.5, 0.6) is 0 Å². The van der Waals surface area contributed by atoms with Crippen LogP contribution >= 0.6 is 11.3 Å². The van der Waals surface area contributed by atoms with Crippen LogP contribution in [-0.2, 0) is 0 Å². The van der Waals surface area contributed by atoms with Gasteiger partial charge in [-0.3, -0.25) is 0 Å². The summed E-state index contributed by atoms with van der Waals surface area (Å²) in [6, 6.07) is 51.7. The normalized spacial score (nSPS) is 11.7. The summed E-state index contributed by atoms with van der Waals surface area (Å²) in [5.74, 6) is 0.742. The molecule has 9 aromatic rings. The van der Waals surface area contributed by atoms with Crippen LogP contribution in [-0.4, -0.2) is 14.5 Å². The van der Waals surface area contributed by atoms with Gasteiger partial charge in [0, 0.05) is 37.7 Å². The fourth-order valence-electron chi connectivity index (χ4n) is 6.68. The molecule has 0 saturated heterocycles. The zero-order chi connectivity index (χ0) is 29.9. The summed E-state index contributed by atoms with van der Waals surface area (Å²) in [7, 11) is 0. The second-order valence-corrected chi connectivity index (χ2v) is 12.6. The van der Waals surface area contributed by atoms with Crippen molar-refractivity contribution in [1.29, 1.82) is 0 Å². The van der Waals surface area contributed by atoms with Crippen molar-refractivity contribution in [2.45, 2.75) is 6.92 Å². The third-order valence-corrected chi connectivity index (χ3v) is 9.78. The highest BCUT2D eigenvalue weighted by atomic mass is 32.1. The molecule has 0 aliphatic rings. The van der Waals surface area contributed by atoms with Crippen molar-refractivity contribution in [3.8, 4) is 39.5 Å². The van der Waals surface area contributed by atoms with Crippen molar-refractivity contribution in [2.24, 2.45) is 0 Å². The number of nitrogens with zero attached hydrogens (tertiary/aromatic N) is 3. The minimum atomic E-state index is 0.742. The molecular weight excluding hydrogens is 567 g/mol. The fraction of sp³-hybridized carbons (Fsp3) is 0.0244. The average Bonchev–Trinajstić information content (AvgIpc) is 3.64. The van der Waals surface area contributed by atoms with Crippen LogP contribution < -0.4 is 0 Å². The number of thiophene rings is 1. The Balaban J connectivity index is 1.33. The summed E-state index contributed by atoms with van der Waals surface area (Å²) in [5, 5.41) is 3.70. The average molecular weight is 594 g/mol. The smallest absolute Gasteiger partial charge is 0.160 e. The van der Waals surface area contributed by atoms with Crippen molar-refractivity contribution in [3.05, 3.63) is 151 Å². The number of para-hydroxylation sites is 2. The Morgan fingerprint density at radius 2 is 1.20 bits per heavy atom. The van der Waals surface area contributed by atoms with Crippen LogP contribution in [0, 0.1) is 6.92 Å². The first-order valence-electron chi connectivity index (χ1n) is 15.2. The number of fused-ring (bicyclic) bond motifs is 6. The lowest BCUT2D eigenvalue weighted by molar-refractivity contribution is 1.17. The maximum atomic E-state index is 5.28. The molecule has 9 rings (SSSR count). The Morgan fingerprint density at radius 3 is 1.91 bits per heavy atom. The van der Waals surface area contributed by atoms with Gasteiger partial charge in [0.1, 0.15) is 0 Å². The van der Waals surface area contributed by atoms with E-state index in [2.05, 4.69) is 139 Å². The van der Waals surface area contributed by atoms with E-state index in [1.54, 1.807) is 11.3 Å². The zero-order valence-corrected chi connectivity index (χ0v) is 25.4. The summed E-state index contributed by atoms with van der Waals surface area (Å²) in [6.45, 7) is 2.19. The van der Waals surface area contributed by atoms with Crippen molar-refractivity contribution < 1.29 is 0 Å². The molecule has 0 N–H and O–H groups in total.